The molecule has 0 aromatic rings. The van der Waals surface area contributed by atoms with Gasteiger partial charge in [0, 0.05) is 30.6 Å². The van der Waals surface area contributed by atoms with Crippen LogP contribution in [0.1, 0.15) is 13.3 Å². The van der Waals surface area contributed by atoms with Crippen LogP contribution in [0.15, 0.2) is 12.7 Å². The molecular formula is C11H20N2OS. The second kappa shape index (κ2) is 6.90. The van der Waals surface area contributed by atoms with Gasteiger partial charge in [-0.3, -0.25) is 9.69 Å². The first-order chi connectivity index (χ1) is 7.26. The highest BCUT2D eigenvalue weighted by Gasteiger charge is 2.20. The molecule has 0 aliphatic carbocycles. The van der Waals surface area contributed by atoms with E-state index in [0.29, 0.717) is 18.3 Å². The molecule has 1 amide bonds. The van der Waals surface area contributed by atoms with Crippen molar-refractivity contribution in [1.82, 2.24) is 10.2 Å². The highest BCUT2D eigenvalue weighted by Crippen LogP contribution is 2.20. The first-order valence-corrected chi connectivity index (χ1v) is 6.52. The lowest BCUT2D eigenvalue weighted by atomic mass is 10.3. The Morgan fingerprint density at radius 3 is 3.20 bits per heavy atom. The fraction of sp³-hybridized carbons (Fsp3) is 0.727. The first-order valence-electron chi connectivity index (χ1n) is 5.47. The molecule has 1 rings (SSSR count). The summed E-state index contributed by atoms with van der Waals surface area (Å²) < 4.78 is 0. The Morgan fingerprint density at radius 1 is 1.73 bits per heavy atom. The van der Waals surface area contributed by atoms with Gasteiger partial charge in [0.25, 0.3) is 0 Å². The molecule has 0 aromatic carbocycles. The predicted octanol–water partition coefficient (Wildman–Crippen LogP) is 1.12. The van der Waals surface area contributed by atoms with Gasteiger partial charge in [-0.15, -0.1) is 6.58 Å². The molecule has 4 heteroatoms. The Kier molecular flexibility index (Phi) is 5.79. The summed E-state index contributed by atoms with van der Waals surface area (Å²) in [5.41, 5.74) is 0. The molecule has 0 unspecified atom stereocenters. The van der Waals surface area contributed by atoms with Crippen LogP contribution < -0.4 is 5.32 Å². The van der Waals surface area contributed by atoms with Crippen LogP contribution in [0.2, 0.25) is 0 Å². The summed E-state index contributed by atoms with van der Waals surface area (Å²) in [6.07, 6.45) is 2.90. The van der Waals surface area contributed by atoms with Crippen molar-refractivity contribution in [3.05, 3.63) is 12.7 Å². The molecule has 86 valence electrons. The number of nitrogens with one attached hydrogen (secondary N) is 1. The Hall–Kier alpha value is -0.480. The highest BCUT2D eigenvalue weighted by molar-refractivity contribution is 8.00. The number of rotatable bonds is 5. The van der Waals surface area contributed by atoms with E-state index in [1.807, 2.05) is 11.8 Å². The van der Waals surface area contributed by atoms with E-state index >= 15 is 0 Å². The fourth-order valence-electron chi connectivity index (χ4n) is 1.62. The number of nitrogens with zero attached hydrogens (tertiary/aromatic N) is 1. The van der Waals surface area contributed by atoms with Crippen molar-refractivity contribution in [3.8, 4) is 0 Å². The molecule has 1 atom stereocenters. The summed E-state index contributed by atoms with van der Waals surface area (Å²) in [5.74, 6) is 1.25. The van der Waals surface area contributed by atoms with Gasteiger partial charge in [0.2, 0.25) is 5.91 Å². The number of carbonyl (C=O) groups is 1. The Morgan fingerprint density at radius 2 is 2.53 bits per heavy atom. The standard InChI is InChI=1S/C11H20N2OS/c1-3-5-12-11(14)9-13-6-7-15-10(4-2)8-13/h3,10H,1,4-9H2,2H3,(H,12,14)/t10-/m1/s1. The zero-order valence-corrected chi connectivity index (χ0v) is 10.2. The Bertz CT molecular complexity index is 221. The van der Waals surface area contributed by atoms with E-state index in [0.717, 1.165) is 18.8 Å². The van der Waals surface area contributed by atoms with Gasteiger partial charge in [0.15, 0.2) is 0 Å². The van der Waals surface area contributed by atoms with Gasteiger partial charge in [0.05, 0.1) is 6.54 Å². The molecule has 1 aliphatic heterocycles. The van der Waals surface area contributed by atoms with Gasteiger partial charge in [-0.1, -0.05) is 13.0 Å². The summed E-state index contributed by atoms with van der Waals surface area (Å²) in [5, 5.41) is 3.51. The Balaban J connectivity index is 2.24. The maximum absolute atomic E-state index is 11.5. The summed E-state index contributed by atoms with van der Waals surface area (Å²) >= 11 is 2.02. The van der Waals surface area contributed by atoms with Gasteiger partial charge < -0.3 is 5.32 Å². The molecule has 1 N–H and O–H groups in total. The van der Waals surface area contributed by atoms with Gasteiger partial charge in [-0.05, 0) is 6.42 Å². The summed E-state index contributed by atoms with van der Waals surface area (Å²) in [6, 6.07) is 0. The van der Waals surface area contributed by atoms with Crippen LogP contribution in [-0.2, 0) is 4.79 Å². The molecule has 0 saturated carbocycles. The number of hydrogen-bond donors (Lipinski definition) is 1. The van der Waals surface area contributed by atoms with E-state index in [4.69, 9.17) is 0 Å². The van der Waals surface area contributed by atoms with Gasteiger partial charge in [0.1, 0.15) is 0 Å². The molecule has 1 fully saturated rings. The van der Waals surface area contributed by atoms with Crippen LogP contribution in [0.4, 0.5) is 0 Å². The van der Waals surface area contributed by atoms with Crippen molar-refractivity contribution < 1.29 is 4.79 Å². The molecule has 0 aromatic heterocycles. The van der Waals surface area contributed by atoms with E-state index < -0.39 is 0 Å². The third-order valence-electron chi connectivity index (χ3n) is 2.49. The predicted molar refractivity (Wildman–Crippen MR) is 66.2 cm³/mol. The minimum atomic E-state index is 0.108. The van der Waals surface area contributed by atoms with Gasteiger partial charge >= 0.3 is 0 Å². The van der Waals surface area contributed by atoms with Gasteiger partial charge in [-0.25, -0.2) is 0 Å². The van der Waals surface area contributed by atoms with Crippen LogP contribution in [0.3, 0.4) is 0 Å². The third-order valence-corrected chi connectivity index (χ3v) is 3.86. The molecule has 0 spiro atoms. The molecule has 3 nitrogen and oxygen atoms in total. The molecule has 1 heterocycles. The van der Waals surface area contributed by atoms with Crippen molar-refractivity contribution in [3.63, 3.8) is 0 Å². The minimum Gasteiger partial charge on any atom is -0.352 e. The third kappa shape index (κ3) is 4.71. The van der Waals surface area contributed by atoms with Crippen molar-refractivity contribution in [1.29, 1.82) is 0 Å². The monoisotopic (exact) mass is 228 g/mol. The van der Waals surface area contributed by atoms with E-state index in [9.17, 15) is 4.79 Å². The average molecular weight is 228 g/mol. The molecule has 0 bridgehead atoms. The van der Waals surface area contributed by atoms with Crippen molar-refractivity contribution in [2.45, 2.75) is 18.6 Å². The van der Waals surface area contributed by atoms with Crippen LogP contribution >= 0.6 is 11.8 Å². The molecule has 15 heavy (non-hydrogen) atoms. The average Bonchev–Trinajstić information content (AvgIpc) is 2.26. The minimum absolute atomic E-state index is 0.108. The highest BCUT2D eigenvalue weighted by atomic mass is 32.2. The lowest BCUT2D eigenvalue weighted by molar-refractivity contribution is -0.122. The summed E-state index contributed by atoms with van der Waals surface area (Å²) in [6.45, 7) is 8.96. The maximum atomic E-state index is 11.5. The van der Waals surface area contributed by atoms with Crippen LogP contribution in [0, 0.1) is 0 Å². The molecular weight excluding hydrogens is 208 g/mol. The van der Waals surface area contributed by atoms with E-state index in [1.165, 1.54) is 6.42 Å². The fourth-order valence-corrected chi connectivity index (χ4v) is 2.86. The summed E-state index contributed by atoms with van der Waals surface area (Å²) in [7, 11) is 0. The van der Waals surface area contributed by atoms with Gasteiger partial charge in [-0.2, -0.15) is 11.8 Å². The van der Waals surface area contributed by atoms with E-state index in [2.05, 4.69) is 23.7 Å². The molecule has 1 saturated heterocycles. The quantitative estimate of drug-likeness (QED) is 0.716. The normalized spacial score (nSPS) is 22.3. The van der Waals surface area contributed by atoms with Crippen molar-refractivity contribution >= 4 is 17.7 Å². The zero-order chi connectivity index (χ0) is 11.1. The molecule has 1 aliphatic rings. The topological polar surface area (TPSA) is 32.3 Å². The lowest BCUT2D eigenvalue weighted by Gasteiger charge is -2.31. The maximum Gasteiger partial charge on any atom is 0.234 e. The SMILES string of the molecule is C=CCNC(=O)CN1CCS[C@H](CC)C1. The van der Waals surface area contributed by atoms with Crippen LogP contribution in [-0.4, -0.2) is 48.0 Å². The smallest absolute Gasteiger partial charge is 0.234 e. The second-order valence-corrected chi connectivity index (χ2v) is 5.14. The van der Waals surface area contributed by atoms with Crippen molar-refractivity contribution in [2.75, 3.05) is 31.9 Å². The number of amides is 1. The number of hydrogen-bond acceptors (Lipinski definition) is 3. The zero-order valence-electron chi connectivity index (χ0n) is 9.37. The Labute approximate surface area is 96.3 Å². The first kappa shape index (κ1) is 12.6. The lowest BCUT2D eigenvalue weighted by Crippen LogP contribution is -2.43. The van der Waals surface area contributed by atoms with Crippen LogP contribution in [0.25, 0.3) is 0 Å². The summed E-state index contributed by atoms with van der Waals surface area (Å²) in [4.78, 5) is 13.7. The molecule has 0 radical (unpaired) electrons. The van der Waals surface area contributed by atoms with E-state index in [1.54, 1.807) is 6.08 Å². The largest absolute Gasteiger partial charge is 0.352 e. The van der Waals surface area contributed by atoms with Crippen molar-refractivity contribution in [2.24, 2.45) is 0 Å². The van der Waals surface area contributed by atoms with E-state index in [-0.39, 0.29) is 5.91 Å². The second-order valence-electron chi connectivity index (χ2n) is 3.73. The van der Waals surface area contributed by atoms with Crippen LogP contribution in [0.5, 0.6) is 0 Å². The number of carbonyl (C=O) groups excluding carboxylic acids is 1. The number of thioether (sulfide) groups is 1.